The van der Waals surface area contributed by atoms with Gasteiger partial charge in [0.15, 0.2) is 0 Å². The Bertz CT molecular complexity index is 748. The van der Waals surface area contributed by atoms with Crippen molar-refractivity contribution in [2.75, 3.05) is 0 Å². The monoisotopic (exact) mass is 339 g/mol. The summed E-state index contributed by atoms with van der Waals surface area (Å²) in [6.07, 6.45) is 0. The van der Waals surface area contributed by atoms with E-state index in [1.807, 2.05) is 46.9 Å². The van der Waals surface area contributed by atoms with Gasteiger partial charge in [-0.25, -0.2) is 0 Å². The molecule has 0 atom stereocenters. The lowest BCUT2D eigenvalue weighted by molar-refractivity contribution is -0.385. The molecule has 0 fully saturated rings. The molecule has 1 aromatic heterocycles. The van der Waals surface area contributed by atoms with Gasteiger partial charge in [-0.3, -0.25) is 10.1 Å². The number of furan rings is 1. The van der Waals surface area contributed by atoms with Crippen molar-refractivity contribution in [3.8, 4) is 0 Å². The maximum absolute atomic E-state index is 10.9. The molecule has 0 unspecified atom stereocenters. The van der Waals surface area contributed by atoms with Crippen LogP contribution in [0.15, 0.2) is 40.8 Å². The molecular formula is C12H6INO3. The van der Waals surface area contributed by atoms with Crippen LogP contribution in [0.1, 0.15) is 0 Å². The van der Waals surface area contributed by atoms with Crippen LogP contribution >= 0.6 is 22.6 Å². The first-order valence-corrected chi connectivity index (χ1v) is 6.00. The summed E-state index contributed by atoms with van der Waals surface area (Å²) in [6, 6.07) is 10.8. The van der Waals surface area contributed by atoms with Gasteiger partial charge in [0.1, 0.15) is 11.2 Å². The highest BCUT2D eigenvalue weighted by Gasteiger charge is 2.16. The second-order valence-electron chi connectivity index (χ2n) is 3.66. The van der Waals surface area contributed by atoms with E-state index in [1.165, 1.54) is 0 Å². The minimum absolute atomic E-state index is 0.115. The summed E-state index contributed by atoms with van der Waals surface area (Å²) in [5.41, 5.74) is 1.55. The number of nitrogens with zero attached hydrogens (tertiary/aromatic N) is 1. The van der Waals surface area contributed by atoms with E-state index in [9.17, 15) is 10.1 Å². The SMILES string of the molecule is O=[N+]([O-])c1cc2c(cc1I)oc1ccccc12. The summed E-state index contributed by atoms with van der Waals surface area (Å²) in [5, 5.41) is 12.6. The lowest BCUT2D eigenvalue weighted by atomic mass is 10.1. The summed E-state index contributed by atoms with van der Waals surface area (Å²) in [5.74, 6) is 0. The fraction of sp³-hybridized carbons (Fsp3) is 0. The number of fused-ring (bicyclic) bond motifs is 3. The molecule has 0 amide bonds. The fourth-order valence-corrected chi connectivity index (χ4v) is 2.51. The van der Waals surface area contributed by atoms with Crippen molar-refractivity contribution in [1.82, 2.24) is 0 Å². The Morgan fingerprint density at radius 1 is 1.12 bits per heavy atom. The second kappa shape index (κ2) is 3.69. The van der Waals surface area contributed by atoms with E-state index in [2.05, 4.69) is 0 Å². The molecule has 3 rings (SSSR count). The molecule has 17 heavy (non-hydrogen) atoms. The summed E-state index contributed by atoms with van der Waals surface area (Å²) in [7, 11) is 0. The maximum Gasteiger partial charge on any atom is 0.283 e. The van der Waals surface area contributed by atoms with E-state index in [0.717, 1.165) is 16.4 Å². The van der Waals surface area contributed by atoms with Gasteiger partial charge in [0.2, 0.25) is 0 Å². The first-order valence-electron chi connectivity index (χ1n) is 4.92. The van der Waals surface area contributed by atoms with Gasteiger partial charge in [0.25, 0.3) is 5.69 Å². The van der Waals surface area contributed by atoms with E-state index >= 15 is 0 Å². The van der Waals surface area contributed by atoms with Gasteiger partial charge in [-0.05, 0) is 28.7 Å². The van der Waals surface area contributed by atoms with Crippen LogP contribution in [0.4, 0.5) is 5.69 Å². The highest BCUT2D eigenvalue weighted by atomic mass is 127. The van der Waals surface area contributed by atoms with Gasteiger partial charge >= 0.3 is 0 Å². The highest BCUT2D eigenvalue weighted by molar-refractivity contribution is 14.1. The molecule has 2 aromatic carbocycles. The zero-order valence-corrected chi connectivity index (χ0v) is 10.7. The van der Waals surface area contributed by atoms with E-state index in [1.54, 1.807) is 12.1 Å². The van der Waals surface area contributed by atoms with Gasteiger partial charge in [0.05, 0.1) is 8.49 Å². The van der Waals surface area contributed by atoms with Crippen molar-refractivity contribution in [2.45, 2.75) is 0 Å². The predicted molar refractivity (Wildman–Crippen MR) is 73.1 cm³/mol. The van der Waals surface area contributed by atoms with E-state index in [4.69, 9.17) is 4.42 Å². The molecule has 0 aliphatic rings. The van der Waals surface area contributed by atoms with Gasteiger partial charge in [0, 0.05) is 22.9 Å². The largest absolute Gasteiger partial charge is 0.456 e. The third-order valence-electron chi connectivity index (χ3n) is 2.64. The molecule has 3 aromatic rings. The van der Waals surface area contributed by atoms with Crippen LogP contribution in [0.25, 0.3) is 21.9 Å². The third kappa shape index (κ3) is 1.57. The van der Waals surface area contributed by atoms with Crippen LogP contribution in [-0.4, -0.2) is 4.92 Å². The van der Waals surface area contributed by atoms with Crippen LogP contribution in [-0.2, 0) is 0 Å². The number of halogens is 1. The highest BCUT2D eigenvalue weighted by Crippen LogP contribution is 2.33. The van der Waals surface area contributed by atoms with Crippen molar-refractivity contribution < 1.29 is 9.34 Å². The smallest absolute Gasteiger partial charge is 0.283 e. The van der Waals surface area contributed by atoms with Crippen LogP contribution in [0.3, 0.4) is 0 Å². The number of nitro benzene ring substituents is 1. The van der Waals surface area contributed by atoms with Gasteiger partial charge in [-0.1, -0.05) is 18.2 Å². The molecule has 0 bridgehead atoms. The molecule has 0 saturated heterocycles. The quantitative estimate of drug-likeness (QED) is 0.381. The summed E-state index contributed by atoms with van der Waals surface area (Å²) in [4.78, 5) is 10.5. The van der Waals surface area contributed by atoms with Crippen molar-refractivity contribution in [3.05, 3.63) is 50.1 Å². The van der Waals surface area contributed by atoms with Crippen LogP contribution < -0.4 is 0 Å². The maximum atomic E-state index is 10.9. The summed E-state index contributed by atoms with van der Waals surface area (Å²) < 4.78 is 6.22. The molecule has 0 N–H and O–H groups in total. The number of rotatable bonds is 1. The summed E-state index contributed by atoms with van der Waals surface area (Å²) in [6.45, 7) is 0. The van der Waals surface area contributed by atoms with E-state index in [-0.39, 0.29) is 10.6 Å². The van der Waals surface area contributed by atoms with Crippen molar-refractivity contribution in [1.29, 1.82) is 0 Å². The van der Waals surface area contributed by atoms with Crippen LogP contribution in [0, 0.1) is 13.7 Å². The molecule has 0 aliphatic carbocycles. The Morgan fingerprint density at radius 2 is 1.88 bits per heavy atom. The molecule has 0 spiro atoms. The van der Waals surface area contributed by atoms with E-state index < -0.39 is 0 Å². The lowest BCUT2D eigenvalue weighted by Crippen LogP contribution is -1.90. The molecule has 84 valence electrons. The minimum Gasteiger partial charge on any atom is -0.456 e. The molecule has 0 radical (unpaired) electrons. The van der Waals surface area contributed by atoms with E-state index in [0.29, 0.717) is 9.15 Å². The third-order valence-corrected chi connectivity index (χ3v) is 3.51. The Labute approximate surface area is 110 Å². The number of para-hydroxylation sites is 1. The number of nitro groups is 1. The normalized spacial score (nSPS) is 11.1. The average Bonchev–Trinajstić information content (AvgIpc) is 2.64. The average molecular weight is 339 g/mol. The molecule has 0 aliphatic heterocycles. The summed E-state index contributed by atoms with van der Waals surface area (Å²) >= 11 is 1.95. The standard InChI is InChI=1S/C12H6INO3/c13-9-6-12-8(5-10(9)14(15)16)7-3-1-2-4-11(7)17-12/h1-6H. The second-order valence-corrected chi connectivity index (χ2v) is 4.82. The van der Waals surface area contributed by atoms with Gasteiger partial charge in [-0.15, -0.1) is 0 Å². The minimum atomic E-state index is -0.372. The van der Waals surface area contributed by atoms with Crippen molar-refractivity contribution in [2.24, 2.45) is 0 Å². The zero-order valence-electron chi connectivity index (χ0n) is 8.51. The van der Waals surface area contributed by atoms with Gasteiger partial charge < -0.3 is 4.42 Å². The molecule has 4 nitrogen and oxygen atoms in total. The predicted octanol–water partition coefficient (Wildman–Crippen LogP) is 4.10. The Hall–Kier alpha value is -1.63. The molecule has 5 heteroatoms. The van der Waals surface area contributed by atoms with Crippen LogP contribution in [0.2, 0.25) is 0 Å². The Balaban J connectivity index is 2.47. The van der Waals surface area contributed by atoms with Gasteiger partial charge in [-0.2, -0.15) is 0 Å². The van der Waals surface area contributed by atoms with Crippen molar-refractivity contribution >= 4 is 50.2 Å². The molecule has 1 heterocycles. The number of hydrogen-bond donors (Lipinski definition) is 0. The first kappa shape index (κ1) is 10.5. The fourth-order valence-electron chi connectivity index (χ4n) is 1.88. The lowest BCUT2D eigenvalue weighted by Gasteiger charge is -1.95. The van der Waals surface area contributed by atoms with Crippen molar-refractivity contribution in [3.63, 3.8) is 0 Å². The number of hydrogen-bond acceptors (Lipinski definition) is 3. The zero-order chi connectivity index (χ0) is 12.0. The Morgan fingerprint density at radius 3 is 2.65 bits per heavy atom. The topological polar surface area (TPSA) is 56.3 Å². The van der Waals surface area contributed by atoms with Crippen LogP contribution in [0.5, 0.6) is 0 Å². The molecule has 0 saturated carbocycles. The first-order chi connectivity index (χ1) is 8.16. The molecular weight excluding hydrogens is 333 g/mol. The number of benzene rings is 2. The Kier molecular flexibility index (Phi) is 2.29.